The molecule has 1 saturated heterocycles. The summed E-state index contributed by atoms with van der Waals surface area (Å²) in [6.07, 6.45) is 4.32. The second-order valence-electron chi connectivity index (χ2n) is 6.59. The van der Waals surface area contributed by atoms with E-state index in [1.165, 1.54) is 5.56 Å². The minimum absolute atomic E-state index is 0.0877. The SMILES string of the molecule is CC(NC1CCC2(CC1)OCCO2)C(O)Cc1ccccc1. The molecule has 4 nitrogen and oxygen atoms in total. The number of rotatable bonds is 5. The minimum atomic E-state index is -0.364. The highest BCUT2D eigenvalue weighted by atomic mass is 16.7. The van der Waals surface area contributed by atoms with Crippen molar-refractivity contribution in [2.24, 2.45) is 0 Å². The van der Waals surface area contributed by atoms with E-state index in [0.717, 1.165) is 38.9 Å². The van der Waals surface area contributed by atoms with Crippen LogP contribution in [-0.2, 0) is 15.9 Å². The fourth-order valence-corrected chi connectivity index (χ4v) is 3.53. The number of hydrogen-bond donors (Lipinski definition) is 2. The Labute approximate surface area is 132 Å². The molecule has 2 fully saturated rings. The molecule has 1 aliphatic heterocycles. The highest BCUT2D eigenvalue weighted by molar-refractivity contribution is 5.15. The number of ether oxygens (including phenoxy) is 2. The zero-order valence-electron chi connectivity index (χ0n) is 13.3. The first-order valence-electron chi connectivity index (χ1n) is 8.43. The van der Waals surface area contributed by atoms with Crippen LogP contribution in [0.25, 0.3) is 0 Å². The molecule has 1 heterocycles. The molecule has 0 aromatic heterocycles. The van der Waals surface area contributed by atoms with E-state index in [4.69, 9.17) is 9.47 Å². The Hall–Kier alpha value is -0.940. The van der Waals surface area contributed by atoms with Crippen LogP contribution in [0.1, 0.15) is 38.2 Å². The largest absolute Gasteiger partial charge is 0.391 e. The third-order valence-corrected chi connectivity index (χ3v) is 4.92. The van der Waals surface area contributed by atoms with Crippen molar-refractivity contribution in [2.75, 3.05) is 13.2 Å². The van der Waals surface area contributed by atoms with E-state index in [-0.39, 0.29) is 17.9 Å². The van der Waals surface area contributed by atoms with Crippen molar-refractivity contribution in [1.29, 1.82) is 0 Å². The highest BCUT2D eigenvalue weighted by Crippen LogP contribution is 2.35. The van der Waals surface area contributed by atoms with E-state index in [0.29, 0.717) is 12.5 Å². The summed E-state index contributed by atoms with van der Waals surface area (Å²) >= 11 is 0. The molecular formula is C18H27NO3. The summed E-state index contributed by atoms with van der Waals surface area (Å²) in [5.74, 6) is -0.302. The lowest BCUT2D eigenvalue weighted by molar-refractivity contribution is -0.180. The lowest BCUT2D eigenvalue weighted by Gasteiger charge is -2.37. The van der Waals surface area contributed by atoms with Gasteiger partial charge in [0.1, 0.15) is 0 Å². The van der Waals surface area contributed by atoms with E-state index >= 15 is 0 Å². The van der Waals surface area contributed by atoms with Gasteiger partial charge in [0.2, 0.25) is 0 Å². The van der Waals surface area contributed by atoms with Crippen molar-refractivity contribution in [3.63, 3.8) is 0 Å². The van der Waals surface area contributed by atoms with E-state index in [1.807, 2.05) is 18.2 Å². The fourth-order valence-electron chi connectivity index (χ4n) is 3.53. The van der Waals surface area contributed by atoms with Crippen molar-refractivity contribution in [3.05, 3.63) is 35.9 Å². The van der Waals surface area contributed by atoms with Gasteiger partial charge in [0.15, 0.2) is 5.79 Å². The number of hydrogen-bond acceptors (Lipinski definition) is 4. The minimum Gasteiger partial charge on any atom is -0.391 e. The van der Waals surface area contributed by atoms with Crippen molar-refractivity contribution >= 4 is 0 Å². The van der Waals surface area contributed by atoms with Gasteiger partial charge in [-0.15, -0.1) is 0 Å². The molecule has 2 unspecified atom stereocenters. The number of aliphatic hydroxyl groups is 1. The first-order valence-corrected chi connectivity index (χ1v) is 8.43. The average molecular weight is 305 g/mol. The molecular weight excluding hydrogens is 278 g/mol. The fraction of sp³-hybridized carbons (Fsp3) is 0.667. The zero-order chi connectivity index (χ0) is 15.4. The average Bonchev–Trinajstić information content (AvgIpc) is 2.99. The van der Waals surface area contributed by atoms with Gasteiger partial charge in [-0.2, -0.15) is 0 Å². The van der Waals surface area contributed by atoms with Crippen LogP contribution >= 0.6 is 0 Å². The van der Waals surface area contributed by atoms with E-state index in [1.54, 1.807) is 0 Å². The molecule has 0 radical (unpaired) electrons. The lowest BCUT2D eigenvalue weighted by atomic mass is 9.89. The van der Waals surface area contributed by atoms with Crippen LogP contribution in [0.3, 0.4) is 0 Å². The molecule has 2 atom stereocenters. The van der Waals surface area contributed by atoms with Crippen molar-refractivity contribution < 1.29 is 14.6 Å². The lowest BCUT2D eigenvalue weighted by Crippen LogP contribution is -2.48. The van der Waals surface area contributed by atoms with Crippen LogP contribution < -0.4 is 5.32 Å². The summed E-state index contributed by atoms with van der Waals surface area (Å²) in [6.45, 7) is 3.52. The van der Waals surface area contributed by atoms with Gasteiger partial charge in [-0.25, -0.2) is 0 Å². The number of nitrogens with one attached hydrogen (secondary N) is 1. The summed E-state index contributed by atoms with van der Waals surface area (Å²) in [5.41, 5.74) is 1.18. The molecule has 4 heteroatoms. The Morgan fingerprint density at radius 2 is 1.82 bits per heavy atom. The van der Waals surface area contributed by atoms with E-state index in [2.05, 4.69) is 24.4 Å². The molecule has 1 aromatic rings. The Balaban J connectivity index is 1.44. The Bertz CT molecular complexity index is 449. The predicted molar refractivity (Wildman–Crippen MR) is 85.6 cm³/mol. The van der Waals surface area contributed by atoms with Gasteiger partial charge in [-0.05, 0) is 31.7 Å². The van der Waals surface area contributed by atoms with Crippen molar-refractivity contribution in [1.82, 2.24) is 5.32 Å². The molecule has 0 bridgehead atoms. The van der Waals surface area contributed by atoms with Crippen LogP contribution in [0, 0.1) is 0 Å². The van der Waals surface area contributed by atoms with Gasteiger partial charge < -0.3 is 19.9 Å². The molecule has 122 valence electrons. The topological polar surface area (TPSA) is 50.7 Å². The van der Waals surface area contributed by atoms with Crippen LogP contribution in [0.5, 0.6) is 0 Å². The first kappa shape index (κ1) is 15.9. The Morgan fingerprint density at radius 1 is 1.18 bits per heavy atom. The summed E-state index contributed by atoms with van der Waals surface area (Å²) < 4.78 is 11.5. The smallest absolute Gasteiger partial charge is 0.168 e. The third kappa shape index (κ3) is 3.87. The van der Waals surface area contributed by atoms with Crippen LogP contribution in [0.2, 0.25) is 0 Å². The van der Waals surface area contributed by atoms with Gasteiger partial charge in [-0.3, -0.25) is 0 Å². The van der Waals surface area contributed by atoms with Crippen molar-refractivity contribution in [3.8, 4) is 0 Å². The predicted octanol–water partition coefficient (Wildman–Crippen LogP) is 2.25. The standard InChI is InChI=1S/C18H27NO3/c1-14(17(20)13-15-5-3-2-4-6-15)19-16-7-9-18(10-8-16)21-11-12-22-18/h2-6,14,16-17,19-20H,7-13H2,1H3. The third-order valence-electron chi connectivity index (χ3n) is 4.92. The van der Waals surface area contributed by atoms with Gasteiger partial charge in [0.25, 0.3) is 0 Å². The molecule has 1 aromatic carbocycles. The number of benzene rings is 1. The maximum absolute atomic E-state index is 10.4. The number of aliphatic hydroxyl groups excluding tert-OH is 1. The Morgan fingerprint density at radius 3 is 2.45 bits per heavy atom. The molecule has 1 aliphatic carbocycles. The van der Waals surface area contributed by atoms with Crippen LogP contribution in [0.15, 0.2) is 30.3 Å². The van der Waals surface area contributed by atoms with E-state index < -0.39 is 0 Å². The molecule has 3 rings (SSSR count). The molecule has 22 heavy (non-hydrogen) atoms. The molecule has 2 aliphatic rings. The Kier molecular flexibility index (Phi) is 5.14. The van der Waals surface area contributed by atoms with Gasteiger partial charge in [0.05, 0.1) is 19.3 Å². The summed E-state index contributed by atoms with van der Waals surface area (Å²) in [5, 5.41) is 14.0. The van der Waals surface area contributed by atoms with Crippen molar-refractivity contribution in [2.45, 2.75) is 63.0 Å². The molecule has 2 N–H and O–H groups in total. The molecule has 1 saturated carbocycles. The first-order chi connectivity index (χ1) is 10.7. The van der Waals surface area contributed by atoms with Crippen LogP contribution in [-0.4, -0.2) is 42.3 Å². The second-order valence-corrected chi connectivity index (χ2v) is 6.59. The van der Waals surface area contributed by atoms with E-state index in [9.17, 15) is 5.11 Å². The normalized spacial score (nSPS) is 24.5. The van der Waals surface area contributed by atoms with Gasteiger partial charge in [-0.1, -0.05) is 30.3 Å². The summed E-state index contributed by atoms with van der Waals surface area (Å²) in [6, 6.07) is 10.7. The summed E-state index contributed by atoms with van der Waals surface area (Å²) in [4.78, 5) is 0. The molecule has 1 spiro atoms. The molecule has 0 amide bonds. The zero-order valence-corrected chi connectivity index (χ0v) is 13.3. The maximum Gasteiger partial charge on any atom is 0.168 e. The maximum atomic E-state index is 10.4. The summed E-state index contributed by atoms with van der Waals surface area (Å²) in [7, 11) is 0. The highest BCUT2D eigenvalue weighted by Gasteiger charge is 2.40. The van der Waals surface area contributed by atoms with Gasteiger partial charge >= 0.3 is 0 Å². The quantitative estimate of drug-likeness (QED) is 0.876. The van der Waals surface area contributed by atoms with Crippen LogP contribution in [0.4, 0.5) is 0 Å². The van der Waals surface area contributed by atoms with Gasteiger partial charge in [0, 0.05) is 24.9 Å². The second kappa shape index (κ2) is 7.09. The monoisotopic (exact) mass is 305 g/mol.